The Hall–Kier alpha value is -1.86. The molecule has 7 heteroatoms. The van der Waals surface area contributed by atoms with Gasteiger partial charge in [-0.15, -0.1) is 11.3 Å². The van der Waals surface area contributed by atoms with Crippen LogP contribution >= 0.6 is 11.3 Å². The summed E-state index contributed by atoms with van der Waals surface area (Å²) in [4.78, 5) is 16.6. The van der Waals surface area contributed by atoms with Gasteiger partial charge in [-0.2, -0.15) is 0 Å². The van der Waals surface area contributed by atoms with Crippen LogP contribution in [0.5, 0.6) is 0 Å². The lowest BCUT2D eigenvalue weighted by Gasteiger charge is -2.22. The van der Waals surface area contributed by atoms with Crippen LogP contribution in [-0.2, 0) is 5.60 Å². The summed E-state index contributed by atoms with van der Waals surface area (Å²) in [5, 5.41) is 19.0. The van der Waals surface area contributed by atoms with Crippen LogP contribution in [0.25, 0.3) is 0 Å². The number of hydrogen-bond donors (Lipinski definition) is 3. The highest BCUT2D eigenvalue weighted by Crippen LogP contribution is 2.41. The van der Waals surface area contributed by atoms with Crippen molar-refractivity contribution in [1.82, 2.24) is 15.6 Å². The van der Waals surface area contributed by atoms with Gasteiger partial charge in [0.15, 0.2) is 0 Å². The van der Waals surface area contributed by atoms with Crippen LogP contribution in [0, 0.1) is 0 Å². The molecule has 0 spiro atoms. The molecule has 1 aliphatic carbocycles. The summed E-state index contributed by atoms with van der Waals surface area (Å²) in [6.45, 7) is 3.55. The first-order valence-electron chi connectivity index (χ1n) is 7.72. The molecule has 3 rings (SSSR count). The number of carbonyl (C=O) groups is 1. The quantitative estimate of drug-likeness (QED) is 0.757. The fraction of sp³-hybridized carbons (Fsp3) is 0.500. The van der Waals surface area contributed by atoms with E-state index in [9.17, 15) is 9.90 Å². The average Bonchev–Trinajstić information content (AvgIpc) is 3.04. The zero-order valence-electron chi connectivity index (χ0n) is 13.2. The van der Waals surface area contributed by atoms with Crippen LogP contribution in [0.4, 0.5) is 4.79 Å². The SMILES string of the molecule is CC(NC(=O)NCC(C)(O)c1ccco1)c1csc(C2CC2)n1. The summed E-state index contributed by atoms with van der Waals surface area (Å²) >= 11 is 1.66. The lowest BCUT2D eigenvalue weighted by molar-refractivity contribution is 0.0366. The summed E-state index contributed by atoms with van der Waals surface area (Å²) in [7, 11) is 0. The lowest BCUT2D eigenvalue weighted by atomic mass is 10.0. The number of amides is 2. The van der Waals surface area contributed by atoms with Crippen LogP contribution in [0.1, 0.15) is 55.1 Å². The average molecular weight is 335 g/mol. The largest absolute Gasteiger partial charge is 0.466 e. The number of rotatable bonds is 6. The highest BCUT2D eigenvalue weighted by atomic mass is 32.1. The third-order valence-electron chi connectivity index (χ3n) is 3.90. The van der Waals surface area contributed by atoms with Gasteiger partial charge in [-0.1, -0.05) is 0 Å². The Kier molecular flexibility index (Phi) is 4.41. The molecule has 2 atom stereocenters. The van der Waals surface area contributed by atoms with E-state index in [2.05, 4.69) is 15.6 Å². The Bertz CT molecular complexity index is 662. The maximum atomic E-state index is 12.0. The maximum absolute atomic E-state index is 12.0. The van der Waals surface area contributed by atoms with Crippen molar-refractivity contribution in [2.75, 3.05) is 6.54 Å². The van der Waals surface area contributed by atoms with Crippen LogP contribution in [0.3, 0.4) is 0 Å². The summed E-state index contributed by atoms with van der Waals surface area (Å²) in [6, 6.07) is 2.86. The van der Waals surface area contributed by atoms with E-state index in [4.69, 9.17) is 4.42 Å². The van der Waals surface area contributed by atoms with E-state index in [1.54, 1.807) is 30.4 Å². The third kappa shape index (κ3) is 3.92. The van der Waals surface area contributed by atoms with Crippen LogP contribution < -0.4 is 10.6 Å². The van der Waals surface area contributed by atoms with E-state index in [1.807, 2.05) is 12.3 Å². The number of aliphatic hydroxyl groups is 1. The molecule has 3 N–H and O–H groups in total. The van der Waals surface area contributed by atoms with Gasteiger partial charge in [0, 0.05) is 11.3 Å². The first-order chi connectivity index (χ1) is 11.0. The van der Waals surface area contributed by atoms with E-state index in [-0.39, 0.29) is 18.6 Å². The molecule has 0 bridgehead atoms. The van der Waals surface area contributed by atoms with Gasteiger partial charge in [0.2, 0.25) is 0 Å². The molecule has 1 saturated carbocycles. The summed E-state index contributed by atoms with van der Waals surface area (Å²) in [6.07, 6.45) is 3.93. The molecule has 2 aromatic heterocycles. The summed E-state index contributed by atoms with van der Waals surface area (Å²) < 4.78 is 5.18. The molecular weight excluding hydrogens is 314 g/mol. The standard InChI is InChI=1S/C16H21N3O3S/c1-10(12-8-23-14(19-12)11-5-6-11)18-15(20)17-9-16(2,21)13-4-3-7-22-13/h3-4,7-8,10-11,21H,5-6,9H2,1-2H3,(H2,17,18,20). The van der Waals surface area contributed by atoms with Crippen molar-refractivity contribution in [1.29, 1.82) is 0 Å². The Morgan fingerprint density at radius 1 is 1.61 bits per heavy atom. The first-order valence-corrected chi connectivity index (χ1v) is 8.60. The fourth-order valence-electron chi connectivity index (χ4n) is 2.26. The molecule has 1 aliphatic rings. The van der Waals surface area contributed by atoms with Gasteiger partial charge >= 0.3 is 6.03 Å². The number of thiazole rings is 1. The van der Waals surface area contributed by atoms with Crippen molar-refractivity contribution in [3.8, 4) is 0 Å². The minimum Gasteiger partial charge on any atom is -0.466 e. The van der Waals surface area contributed by atoms with E-state index in [0.29, 0.717) is 11.7 Å². The number of hydrogen-bond acceptors (Lipinski definition) is 5. The molecule has 0 radical (unpaired) electrons. The predicted molar refractivity (Wildman–Crippen MR) is 87.3 cm³/mol. The topological polar surface area (TPSA) is 87.4 Å². The fourth-order valence-corrected chi connectivity index (χ4v) is 3.35. The van der Waals surface area contributed by atoms with Crippen molar-refractivity contribution in [3.05, 3.63) is 40.2 Å². The van der Waals surface area contributed by atoms with Gasteiger partial charge < -0.3 is 20.2 Å². The second-order valence-corrected chi connectivity index (χ2v) is 7.07. The van der Waals surface area contributed by atoms with Gasteiger partial charge in [-0.25, -0.2) is 9.78 Å². The van der Waals surface area contributed by atoms with E-state index < -0.39 is 5.60 Å². The zero-order valence-corrected chi connectivity index (χ0v) is 14.0. The molecule has 2 aromatic rings. The van der Waals surface area contributed by atoms with Crippen LogP contribution in [0.15, 0.2) is 28.2 Å². The molecule has 0 saturated heterocycles. The monoisotopic (exact) mass is 335 g/mol. The van der Waals surface area contributed by atoms with Crippen molar-refractivity contribution < 1.29 is 14.3 Å². The number of nitrogens with zero attached hydrogens (tertiary/aromatic N) is 1. The number of aromatic nitrogens is 1. The maximum Gasteiger partial charge on any atom is 0.315 e. The smallest absolute Gasteiger partial charge is 0.315 e. The van der Waals surface area contributed by atoms with Gasteiger partial charge in [0.25, 0.3) is 0 Å². The van der Waals surface area contributed by atoms with E-state index in [0.717, 1.165) is 10.7 Å². The molecule has 2 heterocycles. The molecule has 6 nitrogen and oxygen atoms in total. The van der Waals surface area contributed by atoms with Gasteiger partial charge in [0.1, 0.15) is 11.4 Å². The first kappa shape index (κ1) is 16.0. The van der Waals surface area contributed by atoms with Crippen molar-refractivity contribution in [2.24, 2.45) is 0 Å². The number of nitrogens with one attached hydrogen (secondary N) is 2. The van der Waals surface area contributed by atoms with Gasteiger partial charge in [-0.05, 0) is 38.8 Å². The molecule has 0 aromatic carbocycles. The van der Waals surface area contributed by atoms with Gasteiger partial charge in [0.05, 0.1) is 29.6 Å². The summed E-state index contributed by atoms with van der Waals surface area (Å²) in [5.74, 6) is 1.04. The molecular formula is C16H21N3O3S. The Morgan fingerprint density at radius 2 is 2.39 bits per heavy atom. The van der Waals surface area contributed by atoms with Crippen molar-refractivity contribution in [3.63, 3.8) is 0 Å². The Labute approximate surface area is 138 Å². The number of carbonyl (C=O) groups excluding carboxylic acids is 1. The second kappa shape index (κ2) is 6.33. The molecule has 124 valence electrons. The number of urea groups is 1. The normalized spacial score (nSPS) is 18.2. The molecule has 2 amide bonds. The van der Waals surface area contributed by atoms with Crippen LogP contribution in [-0.4, -0.2) is 22.7 Å². The van der Waals surface area contributed by atoms with Gasteiger partial charge in [-0.3, -0.25) is 0 Å². The Morgan fingerprint density at radius 3 is 3.04 bits per heavy atom. The Balaban J connectivity index is 1.50. The second-order valence-electron chi connectivity index (χ2n) is 6.18. The molecule has 1 fully saturated rings. The predicted octanol–water partition coefficient (Wildman–Crippen LogP) is 2.88. The minimum atomic E-state index is -1.25. The minimum absolute atomic E-state index is 0.0590. The third-order valence-corrected chi connectivity index (χ3v) is 4.93. The molecule has 0 aliphatic heterocycles. The van der Waals surface area contributed by atoms with Crippen molar-refractivity contribution >= 4 is 17.4 Å². The molecule has 2 unspecified atom stereocenters. The zero-order chi connectivity index (χ0) is 16.4. The highest BCUT2D eigenvalue weighted by molar-refractivity contribution is 7.09. The number of furan rings is 1. The summed E-state index contributed by atoms with van der Waals surface area (Å²) in [5.41, 5.74) is -0.367. The van der Waals surface area contributed by atoms with E-state index in [1.165, 1.54) is 19.1 Å². The van der Waals surface area contributed by atoms with Crippen LogP contribution in [0.2, 0.25) is 0 Å². The highest BCUT2D eigenvalue weighted by Gasteiger charge is 2.28. The lowest BCUT2D eigenvalue weighted by Crippen LogP contribution is -2.44. The van der Waals surface area contributed by atoms with Crippen molar-refractivity contribution in [2.45, 2.75) is 44.2 Å². The molecule has 23 heavy (non-hydrogen) atoms. The van der Waals surface area contributed by atoms with E-state index >= 15 is 0 Å².